The lowest BCUT2D eigenvalue weighted by atomic mass is 9.97. The molecule has 1 saturated heterocycles. The second-order valence-electron chi connectivity index (χ2n) is 9.63. The molecule has 36 heavy (non-hydrogen) atoms. The highest BCUT2D eigenvalue weighted by Crippen LogP contribution is 2.64. The monoisotopic (exact) mass is 516 g/mol. The Bertz CT molecular complexity index is 1240. The smallest absolute Gasteiger partial charge is 0.364 e. The maximum absolute atomic E-state index is 12.8. The van der Waals surface area contributed by atoms with Crippen LogP contribution < -0.4 is 5.73 Å². The molecule has 1 spiro atoms. The fourth-order valence-corrected chi connectivity index (χ4v) is 6.00. The Balaban J connectivity index is 1.09. The van der Waals surface area contributed by atoms with E-state index in [9.17, 15) is 18.0 Å². The first-order valence-corrected chi connectivity index (χ1v) is 12.8. The zero-order valence-electron chi connectivity index (χ0n) is 19.8. The molecule has 5 rings (SSSR count). The van der Waals surface area contributed by atoms with Crippen LogP contribution in [0.5, 0.6) is 0 Å². The first kappa shape index (κ1) is 24.8. The van der Waals surface area contributed by atoms with Crippen molar-refractivity contribution in [1.82, 2.24) is 24.6 Å². The van der Waals surface area contributed by atoms with E-state index in [4.69, 9.17) is 5.73 Å². The number of halogens is 3. The van der Waals surface area contributed by atoms with Gasteiger partial charge in [0.2, 0.25) is 0 Å². The van der Waals surface area contributed by atoms with Crippen molar-refractivity contribution < 1.29 is 18.0 Å². The van der Waals surface area contributed by atoms with Gasteiger partial charge >= 0.3 is 6.18 Å². The summed E-state index contributed by atoms with van der Waals surface area (Å²) in [6.45, 7) is 3.02. The predicted octanol–water partition coefficient (Wildman–Crippen LogP) is 4.36. The molecule has 3 heterocycles. The normalized spacial score (nSPS) is 21.8. The van der Waals surface area contributed by atoms with Crippen molar-refractivity contribution in [3.63, 3.8) is 0 Å². The Kier molecular flexibility index (Phi) is 6.54. The van der Waals surface area contributed by atoms with E-state index in [0.717, 1.165) is 60.9 Å². The Morgan fingerprint density at radius 1 is 1.19 bits per heavy atom. The van der Waals surface area contributed by atoms with Gasteiger partial charge in [-0.15, -0.1) is 10.2 Å². The summed E-state index contributed by atoms with van der Waals surface area (Å²) in [7, 11) is 1.90. The number of carbonyl (C=O) groups excluding carboxylic acids is 1. The molecule has 1 saturated carbocycles. The van der Waals surface area contributed by atoms with Gasteiger partial charge in [-0.3, -0.25) is 9.78 Å². The van der Waals surface area contributed by atoms with E-state index in [1.165, 1.54) is 12.1 Å². The third-order valence-corrected chi connectivity index (χ3v) is 8.36. The van der Waals surface area contributed by atoms with Crippen LogP contribution in [0.4, 0.5) is 13.2 Å². The highest BCUT2D eigenvalue weighted by Gasteiger charge is 2.57. The molecule has 190 valence electrons. The number of rotatable bonds is 8. The lowest BCUT2D eigenvalue weighted by molar-refractivity contribution is -0.137. The van der Waals surface area contributed by atoms with Crippen molar-refractivity contribution in [2.24, 2.45) is 18.2 Å². The van der Waals surface area contributed by atoms with E-state index in [0.29, 0.717) is 11.7 Å². The number of aromatic nitrogens is 4. The summed E-state index contributed by atoms with van der Waals surface area (Å²) < 4.78 is 40.4. The number of hydrogen-bond acceptors (Lipinski definition) is 6. The molecule has 0 unspecified atom stereocenters. The minimum Gasteiger partial charge on any atom is -0.364 e. The molecule has 7 nitrogen and oxygen atoms in total. The van der Waals surface area contributed by atoms with Crippen LogP contribution in [0, 0.1) is 5.41 Å². The number of nitrogens with zero attached hydrogens (tertiary/aromatic N) is 5. The number of carbonyl (C=O) groups is 1. The van der Waals surface area contributed by atoms with E-state index in [1.807, 2.05) is 11.6 Å². The molecule has 2 fully saturated rings. The highest BCUT2D eigenvalue weighted by atomic mass is 32.2. The number of thioether (sulfide) groups is 1. The van der Waals surface area contributed by atoms with E-state index < -0.39 is 17.6 Å². The first-order chi connectivity index (χ1) is 17.2. The van der Waals surface area contributed by atoms with Crippen LogP contribution >= 0.6 is 11.8 Å². The molecule has 2 aliphatic rings. The van der Waals surface area contributed by atoms with Crippen LogP contribution in [0.15, 0.2) is 47.8 Å². The number of hydrogen-bond donors (Lipinski definition) is 1. The Labute approximate surface area is 211 Å². The first-order valence-electron chi connectivity index (χ1n) is 11.8. The molecule has 2 N–H and O–H groups in total. The van der Waals surface area contributed by atoms with Crippen LogP contribution in [-0.2, 0) is 13.2 Å². The number of benzene rings is 1. The molecule has 0 bridgehead atoms. The number of pyridine rings is 1. The van der Waals surface area contributed by atoms with Crippen LogP contribution in [-0.4, -0.2) is 55.9 Å². The number of amides is 1. The topological polar surface area (TPSA) is 89.9 Å². The number of nitrogens with two attached hydrogens (primary N) is 1. The third-order valence-electron chi connectivity index (χ3n) is 7.25. The van der Waals surface area contributed by atoms with E-state index in [1.54, 1.807) is 42.2 Å². The van der Waals surface area contributed by atoms with E-state index >= 15 is 0 Å². The molecule has 1 amide bonds. The largest absolute Gasteiger partial charge is 0.416 e. The van der Waals surface area contributed by atoms with Gasteiger partial charge in [-0.1, -0.05) is 23.9 Å². The quantitative estimate of drug-likeness (QED) is 0.354. The fourth-order valence-electron chi connectivity index (χ4n) is 5.17. The summed E-state index contributed by atoms with van der Waals surface area (Å²) in [4.78, 5) is 17.7. The van der Waals surface area contributed by atoms with Crippen molar-refractivity contribution in [3.05, 3.63) is 59.4 Å². The zero-order valence-corrected chi connectivity index (χ0v) is 20.6. The molecule has 1 aliphatic heterocycles. The molecule has 2 atom stereocenters. The van der Waals surface area contributed by atoms with Gasteiger partial charge in [-0.2, -0.15) is 13.2 Å². The van der Waals surface area contributed by atoms with Crippen LogP contribution in [0.1, 0.15) is 46.8 Å². The second-order valence-corrected chi connectivity index (χ2v) is 10.7. The molecule has 1 aromatic carbocycles. The lowest BCUT2D eigenvalue weighted by Crippen LogP contribution is -2.23. The molecule has 3 aromatic rings. The highest BCUT2D eigenvalue weighted by molar-refractivity contribution is 7.99. The standard InChI is InChI=1S/C25H27F3N6OS/c1-33-22(17-5-8-20(21(29)35)30-14-17)31-32-23(33)36-12-2-10-34-11-9-24(15-34)13-19(24)16-3-6-18(7-4-16)25(26,27)28/h3-8,14,19H,2,9-13,15H2,1H3,(H2,29,35)/t19-,24+/m0/s1. The Hall–Kier alpha value is -2.92. The van der Waals surface area contributed by atoms with Crippen molar-refractivity contribution >= 4 is 17.7 Å². The Morgan fingerprint density at radius 3 is 2.64 bits per heavy atom. The minimum absolute atomic E-state index is 0.205. The van der Waals surface area contributed by atoms with Gasteiger partial charge in [0, 0.05) is 31.1 Å². The van der Waals surface area contributed by atoms with Gasteiger partial charge in [0.1, 0.15) is 5.69 Å². The lowest BCUT2D eigenvalue weighted by Gasteiger charge is -2.16. The van der Waals surface area contributed by atoms with Crippen molar-refractivity contribution in [1.29, 1.82) is 0 Å². The van der Waals surface area contributed by atoms with Gasteiger partial charge in [-0.25, -0.2) is 0 Å². The number of alkyl halides is 3. The summed E-state index contributed by atoms with van der Waals surface area (Å²) in [5.74, 6) is 1.36. The average Bonchev–Trinajstić information content (AvgIpc) is 3.20. The van der Waals surface area contributed by atoms with Crippen LogP contribution in [0.2, 0.25) is 0 Å². The molecule has 0 radical (unpaired) electrons. The molecule has 2 aromatic heterocycles. The maximum Gasteiger partial charge on any atom is 0.416 e. The van der Waals surface area contributed by atoms with Crippen molar-refractivity contribution in [2.45, 2.75) is 36.5 Å². The number of primary amides is 1. The van der Waals surface area contributed by atoms with Gasteiger partial charge < -0.3 is 15.2 Å². The average molecular weight is 517 g/mol. The Morgan fingerprint density at radius 2 is 1.97 bits per heavy atom. The van der Waals surface area contributed by atoms with Gasteiger partial charge in [0.15, 0.2) is 11.0 Å². The molecule has 1 aliphatic carbocycles. The molecular weight excluding hydrogens is 489 g/mol. The maximum atomic E-state index is 12.8. The SMILES string of the molecule is Cn1c(SCCCN2CC[C@@]3(C[C@H]3c3ccc(C(F)(F)F)cc3)C2)nnc1-c1ccc(C(N)=O)nc1. The second kappa shape index (κ2) is 9.51. The van der Waals surface area contributed by atoms with Gasteiger partial charge in [0.25, 0.3) is 5.91 Å². The van der Waals surface area contributed by atoms with Gasteiger partial charge in [0.05, 0.1) is 5.56 Å². The van der Waals surface area contributed by atoms with Crippen molar-refractivity contribution in [2.75, 3.05) is 25.4 Å². The van der Waals surface area contributed by atoms with Crippen molar-refractivity contribution in [3.8, 4) is 11.4 Å². The minimum atomic E-state index is -4.29. The zero-order chi connectivity index (χ0) is 25.5. The molecular formula is C25H27F3N6OS. The van der Waals surface area contributed by atoms with Crippen LogP contribution in [0.3, 0.4) is 0 Å². The van der Waals surface area contributed by atoms with Gasteiger partial charge in [-0.05, 0) is 73.5 Å². The predicted molar refractivity (Wildman–Crippen MR) is 130 cm³/mol. The molecule has 11 heteroatoms. The summed E-state index contributed by atoms with van der Waals surface area (Å²) in [6.07, 6.45) is 0.436. The van der Waals surface area contributed by atoms with E-state index in [2.05, 4.69) is 20.1 Å². The summed E-state index contributed by atoms with van der Waals surface area (Å²) in [5, 5.41) is 9.36. The van der Waals surface area contributed by atoms with Crippen LogP contribution in [0.25, 0.3) is 11.4 Å². The fraction of sp³-hybridized carbons (Fsp3) is 0.440. The summed E-state index contributed by atoms with van der Waals surface area (Å²) in [6, 6.07) is 9.04. The summed E-state index contributed by atoms with van der Waals surface area (Å²) in [5.41, 5.74) is 6.88. The number of likely N-dealkylation sites (tertiary alicyclic amines) is 1. The van der Waals surface area contributed by atoms with E-state index in [-0.39, 0.29) is 11.1 Å². The summed E-state index contributed by atoms with van der Waals surface area (Å²) >= 11 is 1.65. The third kappa shape index (κ3) is 4.99.